The van der Waals surface area contributed by atoms with Gasteiger partial charge >= 0.3 is 0 Å². The van der Waals surface area contributed by atoms with Crippen LogP contribution in [0.1, 0.15) is 0 Å². The molecular formula is C36H22N6. The van der Waals surface area contributed by atoms with Gasteiger partial charge in [0, 0.05) is 51.4 Å². The Morgan fingerprint density at radius 3 is 2.10 bits per heavy atom. The second-order valence-electron chi connectivity index (χ2n) is 10.4. The summed E-state index contributed by atoms with van der Waals surface area (Å²) in [4.78, 5) is 19.4. The fourth-order valence-electron chi connectivity index (χ4n) is 6.35. The molecule has 0 saturated carbocycles. The maximum absolute atomic E-state index is 5.12. The molecule has 0 atom stereocenters. The number of rotatable bonds is 3. The first kappa shape index (κ1) is 22.9. The third kappa shape index (κ3) is 3.20. The Hall–Kier alpha value is -5.88. The Bertz CT molecular complexity index is 2460. The Morgan fingerprint density at radius 2 is 1.21 bits per heavy atom. The molecule has 0 aliphatic rings. The Labute approximate surface area is 240 Å². The second-order valence-corrected chi connectivity index (χ2v) is 10.4. The quantitative estimate of drug-likeness (QED) is 0.227. The van der Waals surface area contributed by atoms with E-state index in [1.807, 2.05) is 36.5 Å². The normalized spacial score (nSPS) is 11.8. The summed E-state index contributed by atoms with van der Waals surface area (Å²) in [5, 5.41) is 4.48. The molecule has 4 aromatic heterocycles. The Morgan fingerprint density at radius 1 is 0.476 bits per heavy atom. The van der Waals surface area contributed by atoms with Gasteiger partial charge in [-0.1, -0.05) is 78.9 Å². The predicted octanol–water partition coefficient (Wildman–Crippen LogP) is 8.28. The molecular weight excluding hydrogens is 516 g/mol. The van der Waals surface area contributed by atoms with Crippen LogP contribution in [-0.4, -0.2) is 29.1 Å². The number of hydrogen-bond acceptors (Lipinski definition) is 4. The fraction of sp³-hybridized carbons (Fsp3) is 0. The third-order valence-electron chi connectivity index (χ3n) is 8.09. The van der Waals surface area contributed by atoms with Crippen LogP contribution < -0.4 is 0 Å². The first-order valence-electron chi connectivity index (χ1n) is 13.9. The molecule has 0 fully saturated rings. The molecule has 6 heteroatoms. The maximum atomic E-state index is 5.12. The number of benzene rings is 5. The van der Waals surface area contributed by atoms with Crippen LogP contribution >= 0.6 is 0 Å². The van der Waals surface area contributed by atoms with Crippen LogP contribution in [0, 0.1) is 0 Å². The zero-order chi connectivity index (χ0) is 27.6. The summed E-state index contributed by atoms with van der Waals surface area (Å²) >= 11 is 0. The zero-order valence-corrected chi connectivity index (χ0v) is 22.4. The summed E-state index contributed by atoms with van der Waals surface area (Å²) in [5.74, 6) is 0.629. The van der Waals surface area contributed by atoms with E-state index in [0.717, 1.165) is 71.6 Å². The van der Waals surface area contributed by atoms with E-state index in [4.69, 9.17) is 15.0 Å². The molecule has 0 aliphatic heterocycles. The van der Waals surface area contributed by atoms with E-state index in [-0.39, 0.29) is 0 Å². The molecule has 9 rings (SSSR count). The summed E-state index contributed by atoms with van der Waals surface area (Å²) in [6, 6.07) is 39.9. The van der Waals surface area contributed by atoms with Crippen molar-refractivity contribution in [3.63, 3.8) is 0 Å². The van der Waals surface area contributed by atoms with Crippen molar-refractivity contribution in [3.05, 3.63) is 134 Å². The number of para-hydroxylation sites is 2. The fourth-order valence-corrected chi connectivity index (χ4v) is 6.35. The molecule has 0 amide bonds. The van der Waals surface area contributed by atoms with Crippen LogP contribution in [0.3, 0.4) is 0 Å². The summed E-state index contributed by atoms with van der Waals surface area (Å²) in [7, 11) is 0. The van der Waals surface area contributed by atoms with Crippen molar-refractivity contribution in [3.8, 4) is 22.9 Å². The Balaban J connectivity index is 1.51. The molecule has 0 radical (unpaired) electrons. The van der Waals surface area contributed by atoms with Crippen LogP contribution in [0.4, 0.5) is 0 Å². The zero-order valence-electron chi connectivity index (χ0n) is 22.4. The van der Waals surface area contributed by atoms with Gasteiger partial charge in [-0.05, 0) is 36.4 Å². The molecule has 4 heterocycles. The average Bonchev–Trinajstić information content (AvgIpc) is 3.59. The van der Waals surface area contributed by atoms with Gasteiger partial charge in [-0.3, -0.25) is 14.5 Å². The molecule has 0 unspecified atom stereocenters. The predicted molar refractivity (Wildman–Crippen MR) is 169 cm³/mol. The summed E-state index contributed by atoms with van der Waals surface area (Å²) in [6.07, 6.45) is 5.37. The highest BCUT2D eigenvalue weighted by Gasteiger charge is 2.23. The van der Waals surface area contributed by atoms with Gasteiger partial charge in [-0.25, -0.2) is 9.97 Å². The average molecular weight is 539 g/mol. The van der Waals surface area contributed by atoms with Crippen molar-refractivity contribution in [2.45, 2.75) is 0 Å². The lowest BCUT2D eigenvalue weighted by molar-refractivity contribution is 0.991. The molecule has 0 saturated heterocycles. The van der Waals surface area contributed by atoms with Gasteiger partial charge in [0.05, 0.1) is 38.8 Å². The van der Waals surface area contributed by atoms with E-state index in [2.05, 4.69) is 99.0 Å². The standard InChI is InChI=1S/C36H22N6/c1-3-9-23(10-4-1)28-19-20-39-36(40-28)42-30-14-8-7-13-25(30)26-15-16-27-32-31(18-17-29-33(32)38-22-21-37-29)41(35(27)34(26)42)24-11-5-2-6-12-24/h1-22H. The van der Waals surface area contributed by atoms with Gasteiger partial charge in [0.15, 0.2) is 0 Å². The van der Waals surface area contributed by atoms with Gasteiger partial charge in [0.25, 0.3) is 0 Å². The number of fused-ring (bicyclic) bond motifs is 9. The van der Waals surface area contributed by atoms with Crippen molar-refractivity contribution in [1.82, 2.24) is 29.1 Å². The monoisotopic (exact) mass is 538 g/mol. The highest BCUT2D eigenvalue weighted by atomic mass is 15.2. The van der Waals surface area contributed by atoms with Crippen LogP contribution in [0.2, 0.25) is 0 Å². The second kappa shape index (κ2) is 8.81. The van der Waals surface area contributed by atoms with E-state index >= 15 is 0 Å². The van der Waals surface area contributed by atoms with Crippen molar-refractivity contribution < 1.29 is 0 Å². The maximum Gasteiger partial charge on any atom is 0.235 e. The van der Waals surface area contributed by atoms with E-state index in [0.29, 0.717) is 5.95 Å². The molecule has 0 N–H and O–H groups in total. The van der Waals surface area contributed by atoms with Gasteiger partial charge < -0.3 is 4.57 Å². The van der Waals surface area contributed by atoms with Crippen molar-refractivity contribution >= 4 is 54.6 Å². The minimum Gasteiger partial charge on any atom is -0.307 e. The summed E-state index contributed by atoms with van der Waals surface area (Å²) in [6.45, 7) is 0. The summed E-state index contributed by atoms with van der Waals surface area (Å²) in [5.41, 5.74) is 9.03. The first-order chi connectivity index (χ1) is 20.9. The van der Waals surface area contributed by atoms with Crippen molar-refractivity contribution in [2.75, 3.05) is 0 Å². The molecule has 9 aromatic rings. The molecule has 42 heavy (non-hydrogen) atoms. The molecule has 5 aromatic carbocycles. The number of aromatic nitrogens is 6. The van der Waals surface area contributed by atoms with Crippen LogP contribution in [0.5, 0.6) is 0 Å². The minimum atomic E-state index is 0.629. The van der Waals surface area contributed by atoms with E-state index in [1.165, 1.54) is 0 Å². The smallest absolute Gasteiger partial charge is 0.235 e. The van der Waals surface area contributed by atoms with Crippen molar-refractivity contribution in [2.24, 2.45) is 0 Å². The Kier molecular flexibility index (Phi) is 4.80. The summed E-state index contributed by atoms with van der Waals surface area (Å²) < 4.78 is 4.56. The number of nitrogens with zero attached hydrogens (tertiary/aromatic N) is 6. The van der Waals surface area contributed by atoms with Gasteiger partial charge in [0.1, 0.15) is 0 Å². The van der Waals surface area contributed by atoms with E-state index in [9.17, 15) is 0 Å². The van der Waals surface area contributed by atoms with E-state index < -0.39 is 0 Å². The highest BCUT2D eigenvalue weighted by molar-refractivity contribution is 6.27. The van der Waals surface area contributed by atoms with Crippen LogP contribution in [-0.2, 0) is 0 Å². The van der Waals surface area contributed by atoms with Gasteiger partial charge in [-0.2, -0.15) is 0 Å². The minimum absolute atomic E-state index is 0.629. The van der Waals surface area contributed by atoms with Gasteiger partial charge in [0.2, 0.25) is 5.95 Å². The van der Waals surface area contributed by atoms with E-state index in [1.54, 1.807) is 12.4 Å². The number of hydrogen-bond donors (Lipinski definition) is 0. The highest BCUT2D eigenvalue weighted by Crippen LogP contribution is 2.42. The molecule has 0 spiro atoms. The topological polar surface area (TPSA) is 61.4 Å². The lowest BCUT2D eigenvalue weighted by Gasteiger charge is -2.12. The van der Waals surface area contributed by atoms with Crippen LogP contribution in [0.15, 0.2) is 134 Å². The SMILES string of the molecule is c1ccc(-c2ccnc(-n3c4ccccc4c4ccc5c6c7nccnc7ccc6n(-c6ccccc6)c5c43)n2)cc1. The van der Waals surface area contributed by atoms with Gasteiger partial charge in [-0.15, -0.1) is 0 Å². The molecule has 0 bridgehead atoms. The lowest BCUT2D eigenvalue weighted by Crippen LogP contribution is -2.03. The molecule has 6 nitrogen and oxygen atoms in total. The molecule has 0 aliphatic carbocycles. The van der Waals surface area contributed by atoms with Crippen molar-refractivity contribution in [1.29, 1.82) is 0 Å². The first-order valence-corrected chi connectivity index (χ1v) is 13.9. The lowest BCUT2D eigenvalue weighted by atomic mass is 10.1. The largest absolute Gasteiger partial charge is 0.307 e. The van der Waals surface area contributed by atoms with Crippen LogP contribution in [0.25, 0.3) is 77.5 Å². The third-order valence-corrected chi connectivity index (χ3v) is 8.09. The molecule has 196 valence electrons.